The lowest BCUT2D eigenvalue weighted by molar-refractivity contribution is 0.378. The first-order valence-corrected chi connectivity index (χ1v) is 12.1. The van der Waals surface area contributed by atoms with Gasteiger partial charge in [0.25, 0.3) is 0 Å². The van der Waals surface area contributed by atoms with Crippen molar-refractivity contribution in [1.82, 2.24) is 19.7 Å². The highest BCUT2D eigenvalue weighted by atomic mass is 32.1. The van der Waals surface area contributed by atoms with Gasteiger partial charge in [-0.1, -0.05) is 0 Å². The minimum atomic E-state index is 0.852. The molecule has 2 aromatic heterocycles. The van der Waals surface area contributed by atoms with Crippen LogP contribution < -0.4 is 4.90 Å². The number of hydrogen-bond acceptors (Lipinski definition) is 5. The minimum Gasteiger partial charge on any atom is -0.372 e. The number of nitrogens with zero attached hydrogens (tertiary/aromatic N) is 5. The largest absolute Gasteiger partial charge is 0.372 e. The zero-order chi connectivity index (χ0) is 20.8. The first kappa shape index (κ1) is 21.1. The van der Waals surface area contributed by atoms with Gasteiger partial charge in [0, 0.05) is 37.3 Å². The van der Waals surface area contributed by atoms with Crippen molar-refractivity contribution in [2.24, 2.45) is 0 Å². The standard InChI is InChI=1S/C24H33N5S/c1-27(2)14-6-17-29-23(12-7-20-13-18-30-19-20)25-24(26-29)21-8-10-22(11-9-21)28-15-4-3-5-16-28/h8-11,13,18-19H,3-7,12,14-17H2,1-2H3. The molecular weight excluding hydrogens is 390 g/mol. The van der Waals surface area contributed by atoms with E-state index in [0.29, 0.717) is 0 Å². The van der Waals surface area contributed by atoms with E-state index in [0.717, 1.165) is 49.6 Å². The van der Waals surface area contributed by atoms with Crippen LogP contribution in [0.5, 0.6) is 0 Å². The van der Waals surface area contributed by atoms with Crippen LogP contribution in [-0.2, 0) is 19.4 Å². The van der Waals surface area contributed by atoms with Gasteiger partial charge in [0.15, 0.2) is 5.82 Å². The van der Waals surface area contributed by atoms with E-state index in [1.54, 1.807) is 11.3 Å². The van der Waals surface area contributed by atoms with Crippen LogP contribution in [0.15, 0.2) is 41.1 Å². The Bertz CT molecular complexity index is 892. The van der Waals surface area contributed by atoms with Crippen LogP contribution in [0, 0.1) is 0 Å². The van der Waals surface area contributed by atoms with Gasteiger partial charge >= 0.3 is 0 Å². The number of aromatic nitrogens is 3. The molecule has 0 saturated carbocycles. The molecule has 1 aliphatic heterocycles. The van der Waals surface area contributed by atoms with E-state index in [-0.39, 0.29) is 0 Å². The smallest absolute Gasteiger partial charge is 0.181 e. The van der Waals surface area contributed by atoms with E-state index in [9.17, 15) is 0 Å². The molecule has 1 aromatic carbocycles. The first-order chi connectivity index (χ1) is 14.7. The fraction of sp³-hybridized carbons (Fsp3) is 0.500. The van der Waals surface area contributed by atoms with E-state index in [4.69, 9.17) is 10.1 Å². The Morgan fingerprint density at radius 1 is 1.00 bits per heavy atom. The Hall–Kier alpha value is -2.18. The Kier molecular flexibility index (Phi) is 7.18. The molecular formula is C24H33N5S. The number of thiophene rings is 1. The molecule has 0 spiro atoms. The average molecular weight is 424 g/mol. The van der Waals surface area contributed by atoms with Gasteiger partial charge in [-0.25, -0.2) is 9.67 Å². The average Bonchev–Trinajstić information content (AvgIpc) is 3.43. The van der Waals surface area contributed by atoms with Crippen LogP contribution in [-0.4, -0.2) is 53.4 Å². The van der Waals surface area contributed by atoms with Crippen LogP contribution in [0.3, 0.4) is 0 Å². The molecule has 0 N–H and O–H groups in total. The SMILES string of the molecule is CN(C)CCCn1nc(-c2ccc(N3CCCCC3)cc2)nc1CCc1ccsc1. The predicted molar refractivity (Wildman–Crippen MR) is 126 cm³/mol. The van der Waals surface area contributed by atoms with Crippen LogP contribution in [0.25, 0.3) is 11.4 Å². The summed E-state index contributed by atoms with van der Waals surface area (Å²) in [5.41, 5.74) is 3.82. The van der Waals surface area contributed by atoms with Crippen LogP contribution in [0.1, 0.15) is 37.1 Å². The summed E-state index contributed by atoms with van der Waals surface area (Å²) in [6, 6.07) is 11.0. The molecule has 0 amide bonds. The predicted octanol–water partition coefficient (Wildman–Crippen LogP) is 4.73. The maximum Gasteiger partial charge on any atom is 0.181 e. The fourth-order valence-corrected chi connectivity index (χ4v) is 4.76. The zero-order valence-corrected chi connectivity index (χ0v) is 19.1. The molecule has 0 atom stereocenters. The van der Waals surface area contributed by atoms with E-state index in [1.807, 2.05) is 0 Å². The van der Waals surface area contributed by atoms with Crippen molar-refractivity contribution >= 4 is 17.0 Å². The molecule has 0 aliphatic carbocycles. The molecule has 30 heavy (non-hydrogen) atoms. The van der Waals surface area contributed by atoms with Crippen molar-refractivity contribution in [1.29, 1.82) is 0 Å². The molecule has 1 saturated heterocycles. The van der Waals surface area contributed by atoms with Crippen LogP contribution in [0.4, 0.5) is 5.69 Å². The highest BCUT2D eigenvalue weighted by Crippen LogP contribution is 2.24. The maximum absolute atomic E-state index is 4.95. The van der Waals surface area contributed by atoms with Crippen molar-refractivity contribution in [3.63, 3.8) is 0 Å². The van der Waals surface area contributed by atoms with Gasteiger partial charge < -0.3 is 9.80 Å². The summed E-state index contributed by atoms with van der Waals surface area (Å²) in [6.45, 7) is 4.31. The second-order valence-electron chi connectivity index (χ2n) is 8.46. The minimum absolute atomic E-state index is 0.852. The summed E-state index contributed by atoms with van der Waals surface area (Å²) >= 11 is 1.76. The lowest BCUT2D eigenvalue weighted by atomic mass is 10.1. The quantitative estimate of drug-likeness (QED) is 0.498. The second-order valence-corrected chi connectivity index (χ2v) is 9.24. The topological polar surface area (TPSA) is 37.2 Å². The van der Waals surface area contributed by atoms with Crippen molar-refractivity contribution in [3.05, 3.63) is 52.5 Å². The van der Waals surface area contributed by atoms with Crippen molar-refractivity contribution in [3.8, 4) is 11.4 Å². The number of rotatable bonds is 9. The van der Waals surface area contributed by atoms with E-state index in [2.05, 4.69) is 69.7 Å². The summed E-state index contributed by atoms with van der Waals surface area (Å²) in [5.74, 6) is 1.94. The number of aryl methyl sites for hydroxylation is 3. The summed E-state index contributed by atoms with van der Waals surface area (Å²) < 4.78 is 2.13. The lowest BCUT2D eigenvalue weighted by Crippen LogP contribution is -2.29. The Labute approximate surface area is 184 Å². The summed E-state index contributed by atoms with van der Waals surface area (Å²) in [4.78, 5) is 9.67. The summed E-state index contributed by atoms with van der Waals surface area (Å²) in [7, 11) is 4.24. The molecule has 3 heterocycles. The Morgan fingerprint density at radius 3 is 2.50 bits per heavy atom. The molecule has 160 valence electrons. The third-order valence-electron chi connectivity index (χ3n) is 5.79. The Morgan fingerprint density at radius 2 is 1.80 bits per heavy atom. The van der Waals surface area contributed by atoms with Gasteiger partial charge in [-0.2, -0.15) is 16.4 Å². The van der Waals surface area contributed by atoms with Gasteiger partial charge in [-0.3, -0.25) is 0 Å². The van der Waals surface area contributed by atoms with Crippen molar-refractivity contribution in [2.45, 2.75) is 45.1 Å². The van der Waals surface area contributed by atoms with E-state index in [1.165, 1.54) is 43.6 Å². The number of hydrogen-bond donors (Lipinski definition) is 0. The third kappa shape index (κ3) is 5.49. The molecule has 1 aliphatic rings. The highest BCUT2D eigenvalue weighted by molar-refractivity contribution is 7.07. The van der Waals surface area contributed by atoms with Gasteiger partial charge in [-0.15, -0.1) is 0 Å². The second kappa shape index (κ2) is 10.2. The normalized spacial score (nSPS) is 14.6. The number of benzene rings is 1. The van der Waals surface area contributed by atoms with E-state index < -0.39 is 0 Å². The molecule has 0 bridgehead atoms. The molecule has 0 unspecified atom stereocenters. The molecule has 4 rings (SSSR count). The summed E-state index contributed by atoms with van der Waals surface area (Å²) in [5, 5.41) is 9.27. The number of piperidine rings is 1. The molecule has 1 fully saturated rings. The monoisotopic (exact) mass is 423 g/mol. The van der Waals surface area contributed by atoms with Gasteiger partial charge in [0.2, 0.25) is 0 Å². The maximum atomic E-state index is 4.95. The zero-order valence-electron chi connectivity index (χ0n) is 18.3. The van der Waals surface area contributed by atoms with Crippen LogP contribution >= 0.6 is 11.3 Å². The molecule has 0 radical (unpaired) electrons. The highest BCUT2D eigenvalue weighted by Gasteiger charge is 2.14. The van der Waals surface area contributed by atoms with Gasteiger partial charge in [-0.05, 0) is 99.4 Å². The Balaban J connectivity index is 1.49. The lowest BCUT2D eigenvalue weighted by Gasteiger charge is -2.28. The molecule has 5 nitrogen and oxygen atoms in total. The van der Waals surface area contributed by atoms with Crippen molar-refractivity contribution < 1.29 is 0 Å². The molecule has 3 aromatic rings. The van der Waals surface area contributed by atoms with Crippen LogP contribution in [0.2, 0.25) is 0 Å². The van der Waals surface area contributed by atoms with Gasteiger partial charge in [0.1, 0.15) is 5.82 Å². The fourth-order valence-electron chi connectivity index (χ4n) is 4.06. The third-order valence-corrected chi connectivity index (χ3v) is 6.52. The van der Waals surface area contributed by atoms with Crippen molar-refractivity contribution in [2.75, 3.05) is 38.6 Å². The first-order valence-electron chi connectivity index (χ1n) is 11.1. The number of anilines is 1. The van der Waals surface area contributed by atoms with E-state index >= 15 is 0 Å². The molecule has 6 heteroatoms. The summed E-state index contributed by atoms with van der Waals surface area (Å²) in [6.07, 6.45) is 6.98. The van der Waals surface area contributed by atoms with Gasteiger partial charge in [0.05, 0.1) is 0 Å².